The molecule has 20 heavy (non-hydrogen) atoms. The summed E-state index contributed by atoms with van der Waals surface area (Å²) in [5, 5.41) is 0. The van der Waals surface area contributed by atoms with Crippen LogP contribution in [0, 0.1) is 0 Å². The molecule has 0 spiro atoms. The van der Waals surface area contributed by atoms with Crippen molar-refractivity contribution in [2.45, 2.75) is 25.9 Å². The Morgan fingerprint density at radius 1 is 1.20 bits per heavy atom. The van der Waals surface area contributed by atoms with Crippen LogP contribution in [0.3, 0.4) is 0 Å². The van der Waals surface area contributed by atoms with Crippen LogP contribution in [0.2, 0.25) is 0 Å². The summed E-state index contributed by atoms with van der Waals surface area (Å²) in [6.45, 7) is 1.57. The Morgan fingerprint density at radius 2 is 1.95 bits per heavy atom. The van der Waals surface area contributed by atoms with Crippen molar-refractivity contribution >= 4 is 21.7 Å². The molecule has 2 nitrogen and oxygen atoms in total. The summed E-state index contributed by atoms with van der Waals surface area (Å²) < 4.78 is 7.22. The van der Waals surface area contributed by atoms with Crippen LogP contribution in [0.25, 0.3) is 0 Å². The van der Waals surface area contributed by atoms with E-state index in [1.807, 2.05) is 30.3 Å². The fourth-order valence-electron chi connectivity index (χ4n) is 2.63. The van der Waals surface area contributed by atoms with E-state index in [2.05, 4.69) is 28.1 Å². The molecule has 0 bridgehead atoms. The molecule has 2 aromatic carbocycles. The zero-order chi connectivity index (χ0) is 14.1. The standard InChI is InChI=1S/C17H15BrO2/c1-11(19)12-5-7-13(8-6-12)20-17-10-9-14-15(17)3-2-4-16(14)18/h2-8,17H,9-10H2,1H3/t17-/m1/s1. The molecule has 1 aliphatic rings. The quantitative estimate of drug-likeness (QED) is 0.761. The lowest BCUT2D eigenvalue weighted by Gasteiger charge is -2.15. The molecule has 0 unspecified atom stereocenters. The van der Waals surface area contributed by atoms with E-state index in [4.69, 9.17) is 4.74 Å². The van der Waals surface area contributed by atoms with Crippen molar-refractivity contribution in [3.8, 4) is 5.75 Å². The van der Waals surface area contributed by atoms with Crippen molar-refractivity contribution in [3.05, 3.63) is 63.6 Å². The number of benzene rings is 2. The number of halogens is 1. The predicted molar refractivity (Wildman–Crippen MR) is 82.3 cm³/mol. The molecule has 0 saturated heterocycles. The van der Waals surface area contributed by atoms with Crippen LogP contribution in [0.4, 0.5) is 0 Å². The number of rotatable bonds is 3. The highest BCUT2D eigenvalue weighted by Gasteiger charge is 2.25. The summed E-state index contributed by atoms with van der Waals surface area (Å²) in [5.74, 6) is 0.888. The van der Waals surface area contributed by atoms with Crippen LogP contribution in [0.1, 0.15) is 40.9 Å². The minimum atomic E-state index is 0.0756. The van der Waals surface area contributed by atoms with Gasteiger partial charge in [0.15, 0.2) is 5.78 Å². The first-order valence-corrected chi connectivity index (χ1v) is 7.49. The lowest BCUT2D eigenvalue weighted by atomic mass is 10.1. The number of ether oxygens (including phenoxy) is 1. The van der Waals surface area contributed by atoms with Gasteiger partial charge in [0.05, 0.1) is 0 Å². The number of ketones is 1. The summed E-state index contributed by atoms with van der Waals surface area (Å²) in [5.41, 5.74) is 3.32. The van der Waals surface area contributed by atoms with Crippen LogP contribution < -0.4 is 4.74 Å². The molecule has 0 fully saturated rings. The van der Waals surface area contributed by atoms with Gasteiger partial charge in [-0.3, -0.25) is 4.79 Å². The molecule has 0 aliphatic heterocycles. The molecular formula is C17H15BrO2. The summed E-state index contributed by atoms with van der Waals surface area (Å²) in [4.78, 5) is 11.3. The molecule has 3 rings (SSSR count). The Balaban J connectivity index is 1.80. The van der Waals surface area contributed by atoms with E-state index in [9.17, 15) is 4.79 Å². The van der Waals surface area contributed by atoms with Gasteiger partial charge in [-0.15, -0.1) is 0 Å². The number of Topliss-reactive ketones (excluding diaryl/α,β-unsaturated/α-hetero) is 1. The van der Waals surface area contributed by atoms with Crippen molar-refractivity contribution in [2.24, 2.45) is 0 Å². The largest absolute Gasteiger partial charge is 0.486 e. The Hall–Kier alpha value is -1.61. The first-order chi connectivity index (χ1) is 9.65. The average Bonchev–Trinajstić information content (AvgIpc) is 2.84. The molecule has 3 heteroatoms. The maximum Gasteiger partial charge on any atom is 0.159 e. The van der Waals surface area contributed by atoms with Gasteiger partial charge in [0.25, 0.3) is 0 Å². The molecule has 0 radical (unpaired) electrons. The zero-order valence-electron chi connectivity index (χ0n) is 11.2. The average molecular weight is 331 g/mol. The second kappa shape index (κ2) is 5.41. The molecule has 0 heterocycles. The third kappa shape index (κ3) is 2.50. The molecule has 2 aromatic rings. The van der Waals surface area contributed by atoms with Crippen LogP contribution in [0.15, 0.2) is 46.9 Å². The van der Waals surface area contributed by atoms with E-state index in [1.165, 1.54) is 11.1 Å². The highest BCUT2D eigenvalue weighted by atomic mass is 79.9. The number of carbonyl (C=O) groups excluding carboxylic acids is 1. The molecule has 1 atom stereocenters. The molecule has 0 N–H and O–H groups in total. The first-order valence-electron chi connectivity index (χ1n) is 6.70. The smallest absolute Gasteiger partial charge is 0.159 e. The maximum absolute atomic E-state index is 11.3. The van der Waals surface area contributed by atoms with Crippen molar-refractivity contribution in [1.29, 1.82) is 0 Å². The van der Waals surface area contributed by atoms with Gasteiger partial charge in [-0.2, -0.15) is 0 Å². The topological polar surface area (TPSA) is 26.3 Å². The second-order valence-corrected chi connectivity index (χ2v) is 5.89. The van der Waals surface area contributed by atoms with Crippen LogP contribution >= 0.6 is 15.9 Å². The molecule has 0 aromatic heterocycles. The lowest BCUT2D eigenvalue weighted by molar-refractivity contribution is 0.101. The number of carbonyl (C=O) groups is 1. The fraction of sp³-hybridized carbons (Fsp3) is 0.235. The third-order valence-corrected chi connectivity index (χ3v) is 4.44. The minimum Gasteiger partial charge on any atom is -0.486 e. The van der Waals surface area contributed by atoms with Crippen molar-refractivity contribution < 1.29 is 9.53 Å². The molecule has 102 valence electrons. The van der Waals surface area contributed by atoms with Crippen molar-refractivity contribution in [1.82, 2.24) is 0 Å². The third-order valence-electron chi connectivity index (χ3n) is 3.70. The van der Waals surface area contributed by atoms with E-state index in [1.54, 1.807) is 6.92 Å². The number of hydrogen-bond acceptors (Lipinski definition) is 2. The van der Waals surface area contributed by atoms with Gasteiger partial charge in [-0.05, 0) is 61.2 Å². The van der Waals surface area contributed by atoms with Crippen molar-refractivity contribution in [3.63, 3.8) is 0 Å². The molecule has 0 saturated carbocycles. The summed E-state index contributed by atoms with van der Waals surface area (Å²) in [6.07, 6.45) is 2.13. The van der Waals surface area contributed by atoms with E-state index in [0.717, 1.165) is 23.1 Å². The summed E-state index contributed by atoms with van der Waals surface area (Å²) in [7, 11) is 0. The molecular weight excluding hydrogens is 316 g/mol. The maximum atomic E-state index is 11.3. The number of fused-ring (bicyclic) bond motifs is 1. The highest BCUT2D eigenvalue weighted by molar-refractivity contribution is 9.10. The fourth-order valence-corrected chi connectivity index (χ4v) is 3.21. The van der Waals surface area contributed by atoms with E-state index in [-0.39, 0.29) is 11.9 Å². The molecule has 1 aliphatic carbocycles. The second-order valence-electron chi connectivity index (χ2n) is 5.03. The van der Waals surface area contributed by atoms with Crippen LogP contribution in [-0.2, 0) is 6.42 Å². The van der Waals surface area contributed by atoms with Crippen LogP contribution in [-0.4, -0.2) is 5.78 Å². The lowest BCUT2D eigenvalue weighted by Crippen LogP contribution is -2.03. The Labute approximate surface area is 126 Å². The summed E-state index contributed by atoms with van der Waals surface area (Å²) >= 11 is 3.59. The monoisotopic (exact) mass is 330 g/mol. The van der Waals surface area contributed by atoms with Gasteiger partial charge in [0.2, 0.25) is 0 Å². The van der Waals surface area contributed by atoms with Gasteiger partial charge in [0.1, 0.15) is 11.9 Å². The Bertz CT molecular complexity index is 647. The number of hydrogen-bond donors (Lipinski definition) is 0. The van der Waals surface area contributed by atoms with E-state index in [0.29, 0.717) is 5.56 Å². The van der Waals surface area contributed by atoms with Gasteiger partial charge < -0.3 is 4.74 Å². The molecule has 0 amide bonds. The highest BCUT2D eigenvalue weighted by Crippen LogP contribution is 2.38. The van der Waals surface area contributed by atoms with Gasteiger partial charge in [0, 0.05) is 10.0 Å². The van der Waals surface area contributed by atoms with E-state index < -0.39 is 0 Å². The predicted octanol–water partition coefficient (Wildman–Crippen LogP) is 4.72. The Kier molecular flexibility index (Phi) is 3.62. The van der Waals surface area contributed by atoms with Gasteiger partial charge in [-0.1, -0.05) is 28.1 Å². The zero-order valence-corrected chi connectivity index (χ0v) is 12.8. The SMILES string of the molecule is CC(=O)c1ccc(O[C@@H]2CCc3c(Br)cccc32)cc1. The van der Waals surface area contributed by atoms with Crippen molar-refractivity contribution in [2.75, 3.05) is 0 Å². The van der Waals surface area contributed by atoms with Crippen LogP contribution in [0.5, 0.6) is 5.75 Å². The normalized spacial score (nSPS) is 16.8. The van der Waals surface area contributed by atoms with Gasteiger partial charge in [-0.25, -0.2) is 0 Å². The first kappa shape index (κ1) is 13.4. The van der Waals surface area contributed by atoms with E-state index >= 15 is 0 Å². The summed E-state index contributed by atoms with van der Waals surface area (Å²) in [6, 6.07) is 13.6. The minimum absolute atomic E-state index is 0.0756. The van der Waals surface area contributed by atoms with Gasteiger partial charge >= 0.3 is 0 Å². The Morgan fingerprint density at radius 3 is 2.65 bits per heavy atom.